The Morgan fingerprint density at radius 3 is 2.62 bits per heavy atom. The van der Waals surface area contributed by atoms with Crippen molar-refractivity contribution in [1.29, 1.82) is 0 Å². The summed E-state index contributed by atoms with van der Waals surface area (Å²) in [4.78, 5) is 12.0. The summed E-state index contributed by atoms with van der Waals surface area (Å²) in [7, 11) is 0. The van der Waals surface area contributed by atoms with Crippen LogP contribution in [-0.4, -0.2) is 33.7 Å². The molecule has 0 aliphatic heterocycles. The van der Waals surface area contributed by atoms with Gasteiger partial charge in [-0.3, -0.25) is 10.7 Å². The molecule has 7 nitrogen and oxygen atoms in total. The molecular weight excluding hydrogens is 324 g/mol. The van der Waals surface area contributed by atoms with Gasteiger partial charge < -0.3 is 9.47 Å². The average Bonchev–Trinajstić information content (AvgIpc) is 2.97. The van der Waals surface area contributed by atoms with Crippen molar-refractivity contribution in [1.82, 2.24) is 9.78 Å². The average molecular weight is 339 g/mol. The van der Waals surface area contributed by atoms with Gasteiger partial charge in [0, 0.05) is 18.9 Å². The van der Waals surface area contributed by atoms with E-state index >= 15 is 0 Å². The van der Waals surface area contributed by atoms with Crippen LogP contribution in [0.3, 0.4) is 0 Å². The van der Waals surface area contributed by atoms with Gasteiger partial charge in [-0.25, -0.2) is 9.48 Å². The smallest absolute Gasteiger partial charge is 0.388 e. The van der Waals surface area contributed by atoms with Crippen LogP contribution in [0.25, 0.3) is 0 Å². The maximum absolute atomic E-state index is 12.3. The summed E-state index contributed by atoms with van der Waals surface area (Å²) >= 11 is 0. The van der Waals surface area contributed by atoms with Gasteiger partial charge in [0.1, 0.15) is 6.10 Å². The van der Waals surface area contributed by atoms with Crippen LogP contribution in [0.15, 0.2) is 36.5 Å². The maximum atomic E-state index is 12.3. The van der Waals surface area contributed by atoms with Gasteiger partial charge in [-0.1, -0.05) is 0 Å². The number of ether oxygens (including phenoxy) is 2. The second-order valence-corrected chi connectivity index (χ2v) is 5.33. The number of carbonyl (C=O) groups excluding carboxylic acids is 1. The van der Waals surface area contributed by atoms with Gasteiger partial charge in [-0.05, 0) is 24.3 Å². The molecule has 1 aliphatic rings. The Hall–Kier alpha value is -2.68. The van der Waals surface area contributed by atoms with Crippen LogP contribution in [-0.2, 0) is 4.74 Å². The summed E-state index contributed by atoms with van der Waals surface area (Å²) in [6.07, 6.45) is 2.03. The van der Waals surface area contributed by atoms with Crippen molar-refractivity contribution in [2.24, 2.45) is 0 Å². The van der Waals surface area contributed by atoms with Crippen molar-refractivity contribution in [2.45, 2.75) is 31.6 Å². The normalized spacial score (nSPS) is 19.7. The molecule has 1 aromatic heterocycles. The number of hydrogen-bond acceptors (Lipinski definition) is 6. The van der Waals surface area contributed by atoms with E-state index in [1.54, 1.807) is 0 Å². The molecule has 0 atom stereocenters. The molecule has 1 heterocycles. The molecule has 2 aromatic rings. The molecule has 0 spiro atoms. The quantitative estimate of drug-likeness (QED) is 0.622. The molecule has 2 N–H and O–H groups in total. The number of benzene rings is 1. The van der Waals surface area contributed by atoms with Gasteiger partial charge in [0.2, 0.25) is 5.88 Å². The fourth-order valence-corrected chi connectivity index (χ4v) is 2.50. The summed E-state index contributed by atoms with van der Waals surface area (Å²) in [5.74, 6) is -0.487. The third kappa shape index (κ3) is 3.46. The summed E-state index contributed by atoms with van der Waals surface area (Å²) in [5.41, 5.74) is 2.79. The number of carbonyl (C=O) groups is 1. The van der Waals surface area contributed by atoms with Crippen LogP contribution >= 0.6 is 0 Å². The Morgan fingerprint density at radius 1 is 1.29 bits per heavy atom. The highest BCUT2D eigenvalue weighted by molar-refractivity contribution is 5.89. The molecule has 0 radical (unpaired) electrons. The van der Waals surface area contributed by atoms with Gasteiger partial charge in [0.25, 0.3) is 0 Å². The second-order valence-electron chi connectivity index (χ2n) is 5.33. The Kier molecular flexibility index (Phi) is 4.61. The number of esters is 1. The number of nitrogens with zero attached hydrogens (tertiary/aromatic N) is 2. The molecule has 0 bridgehead atoms. The zero-order valence-electron chi connectivity index (χ0n) is 12.4. The zero-order valence-corrected chi connectivity index (χ0v) is 12.4. The number of hydrogen-bond donors (Lipinski definition) is 2. The SMILES string of the molecule is O=C(OC1CC(n2nccc2OC(F)F)C1)c1ccc(NO)cc1. The first kappa shape index (κ1) is 16.2. The zero-order chi connectivity index (χ0) is 17.1. The fraction of sp³-hybridized carbons (Fsp3) is 0.333. The Bertz CT molecular complexity index is 699. The van der Waals surface area contributed by atoms with Gasteiger partial charge >= 0.3 is 12.6 Å². The lowest BCUT2D eigenvalue weighted by atomic mass is 9.89. The number of rotatable bonds is 6. The van der Waals surface area contributed by atoms with Crippen LogP contribution in [0, 0.1) is 0 Å². The molecule has 0 saturated heterocycles. The van der Waals surface area contributed by atoms with Crippen LogP contribution in [0.2, 0.25) is 0 Å². The van der Waals surface area contributed by atoms with Gasteiger partial charge in [-0.15, -0.1) is 0 Å². The number of alkyl halides is 2. The van der Waals surface area contributed by atoms with Crippen LogP contribution in [0.1, 0.15) is 29.2 Å². The number of halogens is 2. The van der Waals surface area contributed by atoms with Gasteiger partial charge in [-0.2, -0.15) is 13.9 Å². The van der Waals surface area contributed by atoms with E-state index in [-0.39, 0.29) is 18.0 Å². The molecule has 1 aromatic carbocycles. The molecule has 128 valence electrons. The van der Waals surface area contributed by atoms with E-state index in [1.165, 1.54) is 41.2 Å². The molecule has 0 amide bonds. The Morgan fingerprint density at radius 2 is 2.00 bits per heavy atom. The first-order chi connectivity index (χ1) is 11.6. The molecule has 3 rings (SSSR count). The van der Waals surface area contributed by atoms with E-state index in [2.05, 4.69) is 9.84 Å². The first-order valence-electron chi connectivity index (χ1n) is 7.26. The third-order valence-electron chi connectivity index (χ3n) is 3.78. The van der Waals surface area contributed by atoms with Crippen LogP contribution in [0.5, 0.6) is 5.88 Å². The number of anilines is 1. The summed E-state index contributed by atoms with van der Waals surface area (Å²) in [6.45, 7) is -2.91. The molecular formula is C15H15F2N3O4. The predicted molar refractivity (Wildman–Crippen MR) is 78.2 cm³/mol. The monoisotopic (exact) mass is 339 g/mol. The minimum absolute atomic E-state index is 0.00753. The predicted octanol–water partition coefficient (Wildman–Crippen LogP) is 2.85. The van der Waals surface area contributed by atoms with Gasteiger partial charge in [0.05, 0.1) is 23.5 Å². The van der Waals surface area contributed by atoms with Crippen molar-refractivity contribution >= 4 is 11.7 Å². The van der Waals surface area contributed by atoms with Crippen molar-refractivity contribution in [3.05, 3.63) is 42.1 Å². The Labute approximate surface area is 135 Å². The molecule has 1 fully saturated rings. The van der Waals surface area contributed by atoms with Gasteiger partial charge in [0.15, 0.2) is 0 Å². The largest absolute Gasteiger partial charge is 0.459 e. The summed E-state index contributed by atoms with van der Waals surface area (Å²) in [5, 5.41) is 12.7. The topological polar surface area (TPSA) is 85.6 Å². The molecule has 1 aliphatic carbocycles. The summed E-state index contributed by atoms with van der Waals surface area (Å²) in [6, 6.07) is 7.35. The lowest BCUT2D eigenvalue weighted by molar-refractivity contribution is -0.0611. The van der Waals surface area contributed by atoms with E-state index < -0.39 is 12.6 Å². The van der Waals surface area contributed by atoms with Crippen LogP contribution < -0.4 is 10.2 Å². The van der Waals surface area contributed by atoms with Crippen molar-refractivity contribution in [3.63, 3.8) is 0 Å². The molecule has 0 unspecified atom stereocenters. The minimum Gasteiger partial charge on any atom is -0.459 e. The number of aromatic nitrogens is 2. The first-order valence-corrected chi connectivity index (χ1v) is 7.26. The Balaban J connectivity index is 1.53. The van der Waals surface area contributed by atoms with E-state index in [0.717, 1.165) is 0 Å². The minimum atomic E-state index is -2.91. The maximum Gasteiger partial charge on any atom is 0.388 e. The standard InChI is InChI=1S/C15H15F2N3O4/c16-15(17)24-13-5-6-18-20(13)11-7-12(8-11)23-14(21)9-1-3-10(19-22)4-2-9/h1-6,11-12,15,19,22H,7-8H2. The highest BCUT2D eigenvalue weighted by Gasteiger charge is 2.35. The highest BCUT2D eigenvalue weighted by Crippen LogP contribution is 2.37. The summed E-state index contributed by atoms with van der Waals surface area (Å²) < 4.78 is 35.7. The lowest BCUT2D eigenvalue weighted by Gasteiger charge is -2.35. The fourth-order valence-electron chi connectivity index (χ4n) is 2.50. The van der Waals surface area contributed by atoms with Crippen molar-refractivity contribution in [3.8, 4) is 5.88 Å². The van der Waals surface area contributed by atoms with Crippen molar-refractivity contribution < 1.29 is 28.3 Å². The van der Waals surface area contributed by atoms with Crippen LogP contribution in [0.4, 0.5) is 14.5 Å². The lowest BCUT2D eigenvalue weighted by Crippen LogP contribution is -2.35. The van der Waals surface area contributed by atoms with E-state index in [1.807, 2.05) is 5.48 Å². The van der Waals surface area contributed by atoms with E-state index in [4.69, 9.17) is 9.94 Å². The van der Waals surface area contributed by atoms with E-state index in [0.29, 0.717) is 24.1 Å². The molecule has 9 heteroatoms. The van der Waals surface area contributed by atoms with Crippen molar-refractivity contribution in [2.75, 3.05) is 5.48 Å². The molecule has 1 saturated carbocycles. The second kappa shape index (κ2) is 6.83. The third-order valence-corrected chi connectivity index (χ3v) is 3.78. The van der Waals surface area contributed by atoms with E-state index in [9.17, 15) is 13.6 Å². The molecule has 24 heavy (non-hydrogen) atoms. The highest BCUT2D eigenvalue weighted by atomic mass is 19.3. The number of nitrogens with one attached hydrogen (secondary N) is 1.